The Labute approximate surface area is 181 Å². The van der Waals surface area contributed by atoms with E-state index in [1.807, 2.05) is 0 Å². The molecule has 3 amide bonds. The first-order valence-corrected chi connectivity index (χ1v) is 9.46. The number of carboxylic acid groups (broad SMARTS) is 1. The highest BCUT2D eigenvalue weighted by atomic mass is 35.5. The topological polar surface area (TPSA) is 117 Å². The van der Waals surface area contributed by atoms with Crippen LogP contribution in [0.3, 0.4) is 0 Å². The molecule has 9 heteroatoms. The summed E-state index contributed by atoms with van der Waals surface area (Å²) in [5, 5.41) is 12.0. The van der Waals surface area contributed by atoms with Crippen LogP contribution >= 0.6 is 11.6 Å². The zero-order valence-electron chi connectivity index (χ0n) is 15.8. The number of hydrogen-bond donors (Lipinski definition) is 2. The lowest BCUT2D eigenvalue weighted by atomic mass is 10.0. The van der Waals surface area contributed by atoms with Gasteiger partial charge in [-0.25, -0.2) is 4.79 Å². The van der Waals surface area contributed by atoms with E-state index in [4.69, 9.17) is 11.6 Å². The van der Waals surface area contributed by atoms with Crippen LogP contribution in [-0.4, -0.2) is 38.7 Å². The summed E-state index contributed by atoms with van der Waals surface area (Å²) < 4.78 is 0. The van der Waals surface area contributed by atoms with E-state index in [0.717, 1.165) is 4.90 Å². The largest absolute Gasteiger partial charge is 0.478 e. The highest BCUT2D eigenvalue weighted by Gasteiger charge is 2.36. The van der Waals surface area contributed by atoms with Crippen molar-refractivity contribution < 1.29 is 24.3 Å². The second-order valence-corrected chi connectivity index (χ2v) is 7.20. The van der Waals surface area contributed by atoms with Gasteiger partial charge in [0, 0.05) is 23.0 Å². The van der Waals surface area contributed by atoms with E-state index in [-0.39, 0.29) is 39.5 Å². The second-order valence-electron chi connectivity index (χ2n) is 6.77. The minimum Gasteiger partial charge on any atom is -0.478 e. The monoisotopic (exact) mass is 435 g/mol. The maximum Gasteiger partial charge on any atom is 0.337 e. The average Bonchev–Trinajstić information content (AvgIpc) is 3.00. The Morgan fingerprint density at radius 2 is 1.81 bits per heavy atom. The lowest BCUT2D eigenvalue weighted by Gasteiger charge is -2.13. The summed E-state index contributed by atoms with van der Waals surface area (Å²) in [6, 6.07) is 11.6. The maximum absolute atomic E-state index is 12.8. The van der Waals surface area contributed by atoms with E-state index < -0.39 is 23.7 Å². The van der Waals surface area contributed by atoms with Crippen molar-refractivity contribution in [1.29, 1.82) is 0 Å². The second kappa shape index (κ2) is 8.00. The maximum atomic E-state index is 12.8. The number of amides is 3. The van der Waals surface area contributed by atoms with Gasteiger partial charge in [-0.3, -0.25) is 24.3 Å². The summed E-state index contributed by atoms with van der Waals surface area (Å²) in [5.41, 5.74) is 0.992. The van der Waals surface area contributed by atoms with Crippen molar-refractivity contribution in [3.63, 3.8) is 0 Å². The summed E-state index contributed by atoms with van der Waals surface area (Å²) >= 11 is 5.83. The van der Waals surface area contributed by atoms with Gasteiger partial charge >= 0.3 is 5.97 Å². The third-order valence-corrected chi connectivity index (χ3v) is 4.99. The van der Waals surface area contributed by atoms with Crippen molar-refractivity contribution in [1.82, 2.24) is 9.88 Å². The van der Waals surface area contributed by atoms with Crippen molar-refractivity contribution >= 4 is 41.0 Å². The van der Waals surface area contributed by atoms with E-state index in [0.29, 0.717) is 5.56 Å². The number of fused-ring (bicyclic) bond motifs is 1. The van der Waals surface area contributed by atoms with E-state index in [9.17, 15) is 24.3 Å². The SMILES string of the molecule is O=C(Nc1ccc(Cl)cc1C(=O)O)c1ccc2c(c1)C(=O)N(Cc1cccnc1)C2=O. The normalized spacial score (nSPS) is 12.6. The molecule has 154 valence electrons. The molecule has 8 nitrogen and oxygen atoms in total. The van der Waals surface area contributed by atoms with Crippen molar-refractivity contribution in [2.24, 2.45) is 0 Å². The van der Waals surface area contributed by atoms with Gasteiger partial charge in [0.25, 0.3) is 17.7 Å². The first-order chi connectivity index (χ1) is 14.8. The fourth-order valence-corrected chi connectivity index (χ4v) is 3.42. The van der Waals surface area contributed by atoms with Crippen molar-refractivity contribution in [2.75, 3.05) is 5.32 Å². The Morgan fingerprint density at radius 3 is 2.52 bits per heavy atom. The molecule has 3 aromatic rings. The molecular formula is C22H14ClN3O5. The molecule has 31 heavy (non-hydrogen) atoms. The number of rotatable bonds is 5. The molecule has 1 aliphatic rings. The summed E-state index contributed by atoms with van der Waals surface area (Å²) in [6.07, 6.45) is 3.15. The number of pyridine rings is 1. The number of hydrogen-bond acceptors (Lipinski definition) is 5. The number of carboxylic acids is 1. The number of imide groups is 1. The third kappa shape index (κ3) is 3.88. The quantitative estimate of drug-likeness (QED) is 0.592. The minimum atomic E-state index is -1.25. The number of benzene rings is 2. The van der Waals surface area contributed by atoms with E-state index in [1.165, 1.54) is 36.4 Å². The predicted octanol–water partition coefficient (Wildman–Crippen LogP) is 3.48. The fraction of sp³-hybridized carbons (Fsp3) is 0.0455. The van der Waals surface area contributed by atoms with Crippen LogP contribution in [0, 0.1) is 0 Å². The molecule has 2 aromatic carbocycles. The van der Waals surface area contributed by atoms with E-state index in [1.54, 1.807) is 24.5 Å². The number of nitrogens with zero attached hydrogens (tertiary/aromatic N) is 2. The third-order valence-electron chi connectivity index (χ3n) is 4.76. The highest BCUT2D eigenvalue weighted by Crippen LogP contribution is 2.27. The van der Waals surface area contributed by atoms with Crippen molar-refractivity contribution in [3.8, 4) is 0 Å². The fourth-order valence-electron chi connectivity index (χ4n) is 3.25. The van der Waals surface area contributed by atoms with Crippen LogP contribution < -0.4 is 5.32 Å². The van der Waals surface area contributed by atoms with Crippen LogP contribution in [0.4, 0.5) is 5.69 Å². The zero-order chi connectivity index (χ0) is 22.1. The molecule has 0 aliphatic carbocycles. The van der Waals surface area contributed by atoms with Gasteiger partial charge in [0.1, 0.15) is 0 Å². The summed E-state index contributed by atoms with van der Waals surface area (Å²) in [6.45, 7) is 0.0640. The first kappa shape index (κ1) is 20.2. The molecule has 0 atom stereocenters. The van der Waals surface area contributed by atoms with Crippen LogP contribution in [0.15, 0.2) is 60.9 Å². The Balaban J connectivity index is 1.59. The molecule has 0 fully saturated rings. The molecule has 0 unspecified atom stereocenters. The highest BCUT2D eigenvalue weighted by molar-refractivity contribution is 6.31. The number of anilines is 1. The van der Waals surface area contributed by atoms with Gasteiger partial charge in [0.2, 0.25) is 0 Å². The zero-order valence-corrected chi connectivity index (χ0v) is 16.6. The van der Waals surface area contributed by atoms with Gasteiger partial charge in [-0.05, 0) is 48.0 Å². The van der Waals surface area contributed by atoms with Crippen LogP contribution in [0.25, 0.3) is 0 Å². The van der Waals surface area contributed by atoms with E-state index in [2.05, 4.69) is 10.3 Å². The molecule has 0 bridgehead atoms. The minimum absolute atomic E-state index is 0.0583. The lowest BCUT2D eigenvalue weighted by Crippen LogP contribution is -2.29. The van der Waals surface area contributed by atoms with Crippen LogP contribution in [0.5, 0.6) is 0 Å². The van der Waals surface area contributed by atoms with Gasteiger partial charge in [-0.2, -0.15) is 0 Å². The molecule has 2 N–H and O–H groups in total. The first-order valence-electron chi connectivity index (χ1n) is 9.08. The number of carbonyl (C=O) groups excluding carboxylic acids is 3. The Morgan fingerprint density at radius 1 is 1.03 bits per heavy atom. The standard InChI is InChI=1S/C22H14ClN3O5/c23-14-4-6-18(17(9-14)22(30)31)25-19(27)13-3-5-15-16(8-13)21(29)26(20(15)28)11-12-2-1-7-24-10-12/h1-10H,11H2,(H,25,27)(H,30,31). The van der Waals surface area contributed by atoms with Gasteiger partial charge in [0.05, 0.1) is 28.9 Å². The molecule has 0 radical (unpaired) electrons. The summed E-state index contributed by atoms with van der Waals surface area (Å²) in [4.78, 5) is 54.6. The number of aromatic carboxylic acids is 1. The van der Waals surface area contributed by atoms with Gasteiger partial charge in [0.15, 0.2) is 0 Å². The number of aromatic nitrogens is 1. The van der Waals surface area contributed by atoms with Gasteiger partial charge in [-0.1, -0.05) is 17.7 Å². The Kier molecular flexibility index (Phi) is 5.22. The molecule has 2 heterocycles. The smallest absolute Gasteiger partial charge is 0.337 e. The van der Waals surface area contributed by atoms with E-state index >= 15 is 0 Å². The van der Waals surface area contributed by atoms with Crippen molar-refractivity contribution in [2.45, 2.75) is 6.54 Å². The lowest BCUT2D eigenvalue weighted by molar-refractivity contribution is 0.0639. The Bertz CT molecular complexity index is 1240. The molecule has 0 spiro atoms. The Hall–Kier alpha value is -4.04. The number of carbonyl (C=O) groups is 4. The molecular weight excluding hydrogens is 422 g/mol. The molecule has 0 saturated carbocycles. The summed E-state index contributed by atoms with van der Waals surface area (Å²) in [7, 11) is 0. The van der Waals surface area contributed by atoms with Crippen LogP contribution in [0.1, 0.15) is 47.0 Å². The van der Waals surface area contributed by atoms with Gasteiger partial charge in [-0.15, -0.1) is 0 Å². The van der Waals surface area contributed by atoms with Crippen LogP contribution in [0.2, 0.25) is 5.02 Å². The number of halogens is 1. The molecule has 4 rings (SSSR count). The van der Waals surface area contributed by atoms with Crippen LogP contribution in [-0.2, 0) is 6.54 Å². The molecule has 1 aromatic heterocycles. The summed E-state index contributed by atoms with van der Waals surface area (Å²) in [5.74, 6) is -2.85. The average molecular weight is 436 g/mol. The molecule has 1 aliphatic heterocycles. The van der Waals surface area contributed by atoms with Crippen molar-refractivity contribution in [3.05, 3.63) is 93.8 Å². The number of nitrogens with one attached hydrogen (secondary N) is 1. The molecule has 0 saturated heterocycles. The van der Waals surface area contributed by atoms with Gasteiger partial charge < -0.3 is 10.4 Å². The predicted molar refractivity (Wildman–Crippen MR) is 111 cm³/mol.